The molecule has 1 saturated heterocycles. The van der Waals surface area contributed by atoms with Gasteiger partial charge in [-0.2, -0.15) is 0 Å². The minimum atomic E-state index is -0.592. The third-order valence-corrected chi connectivity index (χ3v) is 5.01. The zero-order valence-electron chi connectivity index (χ0n) is 16.3. The summed E-state index contributed by atoms with van der Waals surface area (Å²) in [5, 5.41) is 0. The monoisotopic (exact) mass is 372 g/mol. The molecule has 0 N–H and O–H groups in total. The van der Waals surface area contributed by atoms with Crippen molar-refractivity contribution in [1.82, 2.24) is 0 Å². The number of ether oxygens (including phenoxy) is 2. The van der Waals surface area contributed by atoms with Crippen LogP contribution in [0.3, 0.4) is 0 Å². The molecule has 6 heteroatoms. The van der Waals surface area contributed by atoms with E-state index >= 15 is 0 Å². The fourth-order valence-corrected chi connectivity index (χ4v) is 2.80. The Hall–Kier alpha value is -1.89. The van der Waals surface area contributed by atoms with Gasteiger partial charge >= 0.3 is 7.12 Å². The van der Waals surface area contributed by atoms with Gasteiger partial charge in [0.15, 0.2) is 0 Å². The SMILES string of the molecule is CC1(C)OB(c2cc(F)cc(COCCOc3ccccc3)c2)OC1(C)C. The third-order valence-electron chi connectivity index (χ3n) is 5.01. The second kappa shape index (κ2) is 8.01. The molecule has 0 aromatic heterocycles. The lowest BCUT2D eigenvalue weighted by Gasteiger charge is -2.32. The summed E-state index contributed by atoms with van der Waals surface area (Å²) >= 11 is 0. The van der Waals surface area contributed by atoms with Crippen LogP contribution in [0, 0.1) is 5.82 Å². The van der Waals surface area contributed by atoms with E-state index in [0.29, 0.717) is 25.3 Å². The van der Waals surface area contributed by atoms with Crippen LogP contribution >= 0.6 is 0 Å². The molecule has 0 amide bonds. The van der Waals surface area contributed by atoms with Gasteiger partial charge in [0.2, 0.25) is 0 Å². The molecule has 3 rings (SSSR count). The van der Waals surface area contributed by atoms with Crippen LogP contribution in [0.15, 0.2) is 48.5 Å². The molecule has 1 fully saturated rings. The molecule has 144 valence electrons. The summed E-state index contributed by atoms with van der Waals surface area (Å²) in [5.74, 6) is 0.469. The summed E-state index contributed by atoms with van der Waals surface area (Å²) in [4.78, 5) is 0. The minimum absolute atomic E-state index is 0.294. The molecule has 0 radical (unpaired) electrons. The highest BCUT2D eigenvalue weighted by atomic mass is 19.1. The smallest absolute Gasteiger partial charge is 0.491 e. The molecule has 0 spiro atoms. The second-order valence-corrected chi connectivity index (χ2v) is 7.70. The zero-order valence-corrected chi connectivity index (χ0v) is 16.3. The number of benzene rings is 2. The van der Waals surface area contributed by atoms with E-state index in [4.69, 9.17) is 18.8 Å². The Bertz CT molecular complexity index is 748. The third kappa shape index (κ3) is 4.89. The Morgan fingerprint density at radius 3 is 2.26 bits per heavy atom. The predicted octanol–water partition coefficient (Wildman–Crippen LogP) is 3.72. The van der Waals surface area contributed by atoms with Crippen LogP contribution in [0.4, 0.5) is 4.39 Å². The van der Waals surface area contributed by atoms with Gasteiger partial charge in [-0.1, -0.05) is 24.3 Å². The summed E-state index contributed by atoms with van der Waals surface area (Å²) in [6, 6.07) is 14.3. The van der Waals surface area contributed by atoms with Crippen LogP contribution in [0.2, 0.25) is 0 Å². The fraction of sp³-hybridized carbons (Fsp3) is 0.429. The first kappa shape index (κ1) is 19.9. The van der Waals surface area contributed by atoms with Gasteiger partial charge in [-0.05, 0) is 63.0 Å². The zero-order chi connectivity index (χ0) is 19.5. The van der Waals surface area contributed by atoms with Crippen molar-refractivity contribution in [3.63, 3.8) is 0 Å². The molecule has 1 aliphatic heterocycles. The molecule has 0 saturated carbocycles. The average Bonchev–Trinajstić information content (AvgIpc) is 2.83. The Morgan fingerprint density at radius 2 is 1.59 bits per heavy atom. The molecule has 2 aromatic rings. The average molecular weight is 372 g/mol. The summed E-state index contributed by atoms with van der Waals surface area (Å²) in [5.41, 5.74) is 0.470. The number of rotatable bonds is 7. The van der Waals surface area contributed by atoms with Crippen molar-refractivity contribution in [2.45, 2.75) is 45.5 Å². The van der Waals surface area contributed by atoms with E-state index in [1.165, 1.54) is 12.1 Å². The largest absolute Gasteiger partial charge is 0.494 e. The first-order valence-electron chi connectivity index (χ1n) is 9.17. The highest BCUT2D eigenvalue weighted by Gasteiger charge is 2.51. The molecule has 1 heterocycles. The van der Waals surface area contributed by atoms with E-state index in [0.717, 1.165) is 11.3 Å². The molecule has 27 heavy (non-hydrogen) atoms. The van der Waals surface area contributed by atoms with Crippen LogP contribution in [0.1, 0.15) is 33.3 Å². The molecule has 0 bridgehead atoms. The van der Waals surface area contributed by atoms with Gasteiger partial charge in [0, 0.05) is 0 Å². The van der Waals surface area contributed by atoms with Crippen LogP contribution in [0.25, 0.3) is 0 Å². The van der Waals surface area contributed by atoms with Crippen LogP contribution in [-0.2, 0) is 20.7 Å². The lowest BCUT2D eigenvalue weighted by atomic mass is 9.78. The summed E-state index contributed by atoms with van der Waals surface area (Å²) < 4.78 is 37.3. The number of halogens is 1. The highest BCUT2D eigenvalue weighted by molar-refractivity contribution is 6.62. The van der Waals surface area contributed by atoms with E-state index in [-0.39, 0.29) is 5.82 Å². The number of hydrogen-bond acceptors (Lipinski definition) is 4. The molecule has 4 nitrogen and oxygen atoms in total. The van der Waals surface area contributed by atoms with Crippen LogP contribution in [0.5, 0.6) is 5.75 Å². The van der Waals surface area contributed by atoms with Crippen molar-refractivity contribution in [2.24, 2.45) is 0 Å². The standard InChI is InChI=1S/C21H26BFO4/c1-20(2)21(3,4)27-22(26-20)17-12-16(13-18(23)14-17)15-24-10-11-25-19-8-6-5-7-9-19/h5-9,12-14H,10-11,15H2,1-4H3. The summed E-state index contributed by atoms with van der Waals surface area (Å²) in [6.07, 6.45) is 0. The van der Waals surface area contributed by atoms with Crippen LogP contribution in [-0.4, -0.2) is 31.5 Å². The predicted molar refractivity (Wildman–Crippen MR) is 104 cm³/mol. The maximum Gasteiger partial charge on any atom is 0.494 e. The van der Waals surface area contributed by atoms with Gasteiger partial charge in [-0.25, -0.2) is 4.39 Å². The maximum absolute atomic E-state index is 14.1. The van der Waals surface area contributed by atoms with Crippen molar-refractivity contribution in [2.75, 3.05) is 13.2 Å². The van der Waals surface area contributed by atoms with Gasteiger partial charge in [-0.15, -0.1) is 0 Å². The van der Waals surface area contributed by atoms with Gasteiger partial charge in [-0.3, -0.25) is 0 Å². The molecule has 0 unspecified atom stereocenters. The van der Waals surface area contributed by atoms with Crippen molar-refractivity contribution >= 4 is 12.6 Å². The summed E-state index contributed by atoms with van der Waals surface area (Å²) in [7, 11) is -0.592. The lowest BCUT2D eigenvalue weighted by molar-refractivity contribution is 0.00578. The van der Waals surface area contributed by atoms with E-state index in [1.54, 1.807) is 0 Å². The Morgan fingerprint density at radius 1 is 0.926 bits per heavy atom. The molecule has 0 atom stereocenters. The molecular weight excluding hydrogens is 346 g/mol. The van der Waals surface area contributed by atoms with Crippen molar-refractivity contribution < 1.29 is 23.2 Å². The first-order valence-corrected chi connectivity index (χ1v) is 9.17. The van der Waals surface area contributed by atoms with E-state index in [2.05, 4.69) is 0 Å². The Kier molecular flexibility index (Phi) is 5.89. The Balaban J connectivity index is 1.55. The molecular formula is C21H26BFO4. The Labute approximate surface area is 160 Å². The minimum Gasteiger partial charge on any atom is -0.491 e. The molecule has 2 aromatic carbocycles. The van der Waals surface area contributed by atoms with Gasteiger partial charge in [0.05, 0.1) is 24.4 Å². The van der Waals surface area contributed by atoms with Crippen molar-refractivity contribution in [1.29, 1.82) is 0 Å². The number of para-hydroxylation sites is 1. The van der Waals surface area contributed by atoms with E-state index in [1.807, 2.05) is 64.1 Å². The molecule has 1 aliphatic rings. The maximum atomic E-state index is 14.1. The first-order chi connectivity index (χ1) is 12.8. The van der Waals surface area contributed by atoms with Gasteiger partial charge < -0.3 is 18.8 Å². The van der Waals surface area contributed by atoms with E-state index in [9.17, 15) is 4.39 Å². The van der Waals surface area contributed by atoms with Gasteiger partial charge in [0.25, 0.3) is 0 Å². The fourth-order valence-electron chi connectivity index (χ4n) is 2.80. The molecule has 0 aliphatic carbocycles. The topological polar surface area (TPSA) is 36.9 Å². The lowest BCUT2D eigenvalue weighted by Crippen LogP contribution is -2.41. The van der Waals surface area contributed by atoms with Crippen LogP contribution < -0.4 is 10.2 Å². The number of hydrogen-bond donors (Lipinski definition) is 0. The van der Waals surface area contributed by atoms with E-state index < -0.39 is 18.3 Å². The second-order valence-electron chi connectivity index (χ2n) is 7.70. The highest BCUT2D eigenvalue weighted by Crippen LogP contribution is 2.36. The normalized spacial score (nSPS) is 17.9. The quantitative estimate of drug-likeness (QED) is 0.548. The van der Waals surface area contributed by atoms with Crippen molar-refractivity contribution in [3.05, 3.63) is 59.9 Å². The van der Waals surface area contributed by atoms with Crippen molar-refractivity contribution in [3.8, 4) is 5.75 Å². The summed E-state index contributed by atoms with van der Waals surface area (Å²) in [6.45, 7) is 9.04. The van der Waals surface area contributed by atoms with Gasteiger partial charge in [0.1, 0.15) is 18.2 Å².